The van der Waals surface area contributed by atoms with Crippen molar-refractivity contribution < 1.29 is 9.90 Å². The Morgan fingerprint density at radius 2 is 1.95 bits per heavy atom. The van der Waals surface area contributed by atoms with E-state index in [1.54, 1.807) is 12.1 Å². The predicted molar refractivity (Wildman–Crippen MR) is 83.6 cm³/mol. The van der Waals surface area contributed by atoms with Crippen LogP contribution >= 0.6 is 11.6 Å². The van der Waals surface area contributed by atoms with Crippen molar-refractivity contribution in [1.82, 2.24) is 0 Å². The average molecular weight is 302 g/mol. The van der Waals surface area contributed by atoms with Crippen LogP contribution < -0.4 is 5.32 Å². The molecule has 0 saturated heterocycles. The Labute approximate surface area is 128 Å². The summed E-state index contributed by atoms with van der Waals surface area (Å²) >= 11 is 6.17. The molecule has 2 N–H and O–H groups in total. The first-order valence-corrected chi connectivity index (χ1v) is 7.30. The number of carbonyl (C=O) groups is 1. The van der Waals surface area contributed by atoms with Gasteiger partial charge in [-0.3, -0.25) is 4.79 Å². The number of carbonyl (C=O) groups excluding carboxylic acids is 1. The third kappa shape index (κ3) is 2.67. The minimum atomic E-state index is -0.856. The van der Waals surface area contributed by atoms with E-state index in [9.17, 15) is 9.90 Å². The maximum atomic E-state index is 11.7. The van der Waals surface area contributed by atoms with Crippen molar-refractivity contribution in [1.29, 1.82) is 0 Å². The van der Waals surface area contributed by atoms with Crippen molar-refractivity contribution in [3.8, 4) is 0 Å². The lowest BCUT2D eigenvalue weighted by molar-refractivity contribution is -0.116. The third-order valence-corrected chi connectivity index (χ3v) is 4.12. The quantitative estimate of drug-likeness (QED) is 0.890. The third-order valence-electron chi connectivity index (χ3n) is 3.78. The van der Waals surface area contributed by atoms with Crippen LogP contribution in [0.2, 0.25) is 5.02 Å². The molecule has 4 heteroatoms. The summed E-state index contributed by atoms with van der Waals surface area (Å²) < 4.78 is 0. The van der Waals surface area contributed by atoms with Crippen molar-refractivity contribution in [3.05, 3.63) is 63.7 Å². The summed E-state index contributed by atoms with van der Waals surface area (Å²) in [6.45, 7) is 1.99. The van der Waals surface area contributed by atoms with E-state index in [1.165, 1.54) is 0 Å². The minimum absolute atomic E-state index is 0.0149. The summed E-state index contributed by atoms with van der Waals surface area (Å²) in [6.07, 6.45) is 0.328. The number of benzene rings is 2. The van der Waals surface area contributed by atoms with Crippen molar-refractivity contribution in [2.24, 2.45) is 0 Å². The van der Waals surface area contributed by atoms with Crippen LogP contribution in [0.25, 0.3) is 0 Å². The van der Waals surface area contributed by atoms with Crippen LogP contribution in [-0.4, -0.2) is 11.0 Å². The number of aliphatic hydroxyl groups excluding tert-OH is 1. The maximum absolute atomic E-state index is 11.7. The number of rotatable bonds is 2. The zero-order valence-corrected chi connectivity index (χ0v) is 12.4. The molecule has 0 bridgehead atoms. The maximum Gasteiger partial charge on any atom is 0.224 e. The summed E-state index contributed by atoms with van der Waals surface area (Å²) in [7, 11) is 0. The highest BCUT2D eigenvalue weighted by molar-refractivity contribution is 6.31. The molecule has 2 aromatic rings. The molecule has 1 unspecified atom stereocenters. The van der Waals surface area contributed by atoms with Crippen LogP contribution in [0.5, 0.6) is 0 Å². The monoisotopic (exact) mass is 301 g/mol. The summed E-state index contributed by atoms with van der Waals surface area (Å²) in [5, 5.41) is 14.1. The summed E-state index contributed by atoms with van der Waals surface area (Å²) in [5.74, 6) is -0.0149. The van der Waals surface area contributed by atoms with Crippen LogP contribution in [0.3, 0.4) is 0 Å². The highest BCUT2D eigenvalue weighted by atomic mass is 35.5. The molecule has 1 amide bonds. The first kappa shape index (κ1) is 14.1. The Morgan fingerprint density at radius 3 is 2.71 bits per heavy atom. The Kier molecular flexibility index (Phi) is 3.70. The van der Waals surface area contributed by atoms with Crippen LogP contribution in [0, 0.1) is 6.92 Å². The smallest absolute Gasteiger partial charge is 0.224 e. The molecule has 0 aliphatic carbocycles. The number of anilines is 1. The zero-order chi connectivity index (χ0) is 15.0. The number of hydrogen-bond acceptors (Lipinski definition) is 2. The summed E-state index contributed by atoms with van der Waals surface area (Å²) in [4.78, 5) is 11.7. The van der Waals surface area contributed by atoms with Crippen molar-refractivity contribution >= 4 is 23.2 Å². The number of aliphatic hydroxyl groups is 1. The van der Waals surface area contributed by atoms with E-state index in [0.717, 1.165) is 16.8 Å². The number of hydrogen-bond donors (Lipinski definition) is 2. The predicted octanol–water partition coefficient (Wildman–Crippen LogP) is 3.61. The van der Waals surface area contributed by atoms with Gasteiger partial charge >= 0.3 is 0 Å². The highest BCUT2D eigenvalue weighted by Gasteiger charge is 2.24. The van der Waals surface area contributed by atoms with Crippen LogP contribution in [-0.2, 0) is 11.2 Å². The van der Waals surface area contributed by atoms with Gasteiger partial charge in [0.1, 0.15) is 6.10 Å². The molecule has 1 aliphatic heterocycles. The normalized spacial score (nSPS) is 15.3. The van der Waals surface area contributed by atoms with E-state index in [1.807, 2.05) is 25.1 Å². The molecule has 0 fully saturated rings. The molecule has 0 saturated carbocycles. The van der Waals surface area contributed by atoms with E-state index >= 15 is 0 Å². The van der Waals surface area contributed by atoms with Gasteiger partial charge in [0.15, 0.2) is 0 Å². The first-order chi connectivity index (χ1) is 10.1. The number of nitrogens with one attached hydrogen (secondary N) is 1. The van der Waals surface area contributed by atoms with Gasteiger partial charge in [-0.25, -0.2) is 0 Å². The summed E-state index contributed by atoms with van der Waals surface area (Å²) in [5.41, 5.74) is 4.20. The fraction of sp³-hybridized carbons (Fsp3) is 0.235. The fourth-order valence-corrected chi connectivity index (χ4v) is 3.01. The van der Waals surface area contributed by atoms with E-state index < -0.39 is 6.10 Å². The van der Waals surface area contributed by atoms with Gasteiger partial charge in [0, 0.05) is 22.6 Å². The Bertz CT molecular complexity index is 712. The number of fused-ring (bicyclic) bond motifs is 1. The molecule has 1 aliphatic rings. The second-order valence-corrected chi connectivity index (χ2v) is 5.77. The SMILES string of the molecule is Cc1cc2c(c(C(O)c3ccccc3Cl)c1)NC(=O)CC2. The summed E-state index contributed by atoms with van der Waals surface area (Å²) in [6, 6.07) is 11.2. The van der Waals surface area contributed by atoms with Crippen molar-refractivity contribution in [2.45, 2.75) is 25.9 Å². The molecule has 3 nitrogen and oxygen atoms in total. The Balaban J connectivity index is 2.12. The van der Waals surface area contributed by atoms with Crippen LogP contribution in [0.15, 0.2) is 36.4 Å². The molecule has 3 rings (SSSR count). The van der Waals surface area contributed by atoms with Gasteiger partial charge in [0.25, 0.3) is 0 Å². The molecule has 1 atom stereocenters. The lowest BCUT2D eigenvalue weighted by Gasteiger charge is -2.24. The molecule has 1 heterocycles. The Morgan fingerprint density at radius 1 is 1.19 bits per heavy atom. The van der Waals surface area contributed by atoms with E-state index in [2.05, 4.69) is 11.4 Å². The van der Waals surface area contributed by atoms with E-state index in [4.69, 9.17) is 11.6 Å². The van der Waals surface area contributed by atoms with Gasteiger partial charge in [0.05, 0.1) is 5.69 Å². The molecule has 0 radical (unpaired) electrons. The molecule has 21 heavy (non-hydrogen) atoms. The Hall–Kier alpha value is -1.84. The van der Waals surface area contributed by atoms with Crippen LogP contribution in [0.1, 0.15) is 34.8 Å². The van der Waals surface area contributed by atoms with Gasteiger partial charge in [0.2, 0.25) is 5.91 Å². The first-order valence-electron chi connectivity index (χ1n) is 6.92. The number of aryl methyl sites for hydroxylation is 2. The molecule has 0 spiro atoms. The molecule has 0 aromatic heterocycles. The van der Waals surface area contributed by atoms with Crippen LogP contribution in [0.4, 0.5) is 5.69 Å². The van der Waals surface area contributed by atoms with E-state index in [-0.39, 0.29) is 5.91 Å². The average Bonchev–Trinajstić information content (AvgIpc) is 2.47. The van der Waals surface area contributed by atoms with Gasteiger partial charge < -0.3 is 10.4 Å². The van der Waals surface area contributed by atoms with Gasteiger partial charge in [-0.05, 0) is 25.0 Å². The van der Waals surface area contributed by atoms with Gasteiger partial charge in [-0.2, -0.15) is 0 Å². The van der Waals surface area contributed by atoms with E-state index in [0.29, 0.717) is 29.0 Å². The van der Waals surface area contributed by atoms with Crippen molar-refractivity contribution in [2.75, 3.05) is 5.32 Å². The topological polar surface area (TPSA) is 49.3 Å². The lowest BCUT2D eigenvalue weighted by atomic mass is 9.91. The minimum Gasteiger partial charge on any atom is -0.384 e. The number of amides is 1. The molecular weight excluding hydrogens is 286 g/mol. The van der Waals surface area contributed by atoms with Gasteiger partial charge in [-0.1, -0.05) is 47.5 Å². The molecule has 2 aromatic carbocycles. The number of halogens is 1. The second kappa shape index (κ2) is 5.51. The van der Waals surface area contributed by atoms with Crippen molar-refractivity contribution in [3.63, 3.8) is 0 Å². The standard InChI is InChI=1S/C17H16ClNO2/c1-10-8-11-6-7-15(20)19-16(11)13(9-10)17(21)12-4-2-3-5-14(12)18/h2-5,8-9,17,21H,6-7H2,1H3,(H,19,20). The fourth-order valence-electron chi connectivity index (χ4n) is 2.77. The lowest BCUT2D eigenvalue weighted by Crippen LogP contribution is -2.21. The largest absolute Gasteiger partial charge is 0.384 e. The molecular formula is C17H16ClNO2. The molecule has 108 valence electrons. The second-order valence-electron chi connectivity index (χ2n) is 5.36. The highest BCUT2D eigenvalue weighted by Crippen LogP contribution is 2.36. The zero-order valence-electron chi connectivity index (χ0n) is 11.7. The van der Waals surface area contributed by atoms with Gasteiger partial charge in [-0.15, -0.1) is 0 Å².